The molecule has 1 atom stereocenters. The maximum Gasteiger partial charge on any atom is 0.324 e. The second kappa shape index (κ2) is 6.88. The van der Waals surface area contributed by atoms with Crippen LogP contribution in [0.5, 0.6) is 5.75 Å². The number of nitrogens with one attached hydrogen (secondary N) is 3. The zero-order valence-corrected chi connectivity index (χ0v) is 14.0. The molecule has 7 nitrogen and oxygen atoms in total. The van der Waals surface area contributed by atoms with E-state index in [0.29, 0.717) is 6.61 Å². The predicted molar refractivity (Wildman–Crippen MR) is 91.9 cm³/mol. The van der Waals surface area contributed by atoms with Crippen molar-refractivity contribution < 1.29 is 19.4 Å². The molecule has 1 aliphatic heterocycles. The lowest BCUT2D eigenvalue weighted by Crippen LogP contribution is -2.46. The van der Waals surface area contributed by atoms with Crippen LogP contribution in [0.1, 0.15) is 36.9 Å². The van der Waals surface area contributed by atoms with Gasteiger partial charge in [0.05, 0.1) is 18.3 Å². The van der Waals surface area contributed by atoms with E-state index in [-0.39, 0.29) is 23.2 Å². The van der Waals surface area contributed by atoms with Gasteiger partial charge in [-0.25, -0.2) is 4.79 Å². The van der Waals surface area contributed by atoms with Crippen LogP contribution in [-0.2, 0) is 11.2 Å². The third kappa shape index (κ3) is 3.31. The van der Waals surface area contributed by atoms with Crippen molar-refractivity contribution in [1.82, 2.24) is 16.0 Å². The minimum absolute atomic E-state index is 0.00317. The molecule has 0 radical (unpaired) electrons. The highest BCUT2D eigenvalue weighted by molar-refractivity contribution is 6.00. The van der Waals surface area contributed by atoms with Crippen molar-refractivity contribution in [3.8, 4) is 5.75 Å². The highest BCUT2D eigenvalue weighted by Crippen LogP contribution is 2.35. The molecule has 0 fully saturated rings. The van der Waals surface area contributed by atoms with Crippen molar-refractivity contribution in [2.75, 3.05) is 6.61 Å². The van der Waals surface area contributed by atoms with Crippen molar-refractivity contribution in [3.63, 3.8) is 0 Å². The van der Waals surface area contributed by atoms with Crippen LogP contribution in [0, 0.1) is 0 Å². The van der Waals surface area contributed by atoms with Crippen molar-refractivity contribution in [1.29, 1.82) is 0 Å². The molecular formula is C18H21N3O4. The van der Waals surface area contributed by atoms with Gasteiger partial charge in [0, 0.05) is 0 Å². The summed E-state index contributed by atoms with van der Waals surface area (Å²) in [6.07, 6.45) is 2.58. The van der Waals surface area contributed by atoms with Gasteiger partial charge >= 0.3 is 6.03 Å². The lowest BCUT2D eigenvalue weighted by Gasteiger charge is -2.29. The topological polar surface area (TPSA) is 99.7 Å². The fourth-order valence-electron chi connectivity index (χ4n) is 3.20. The van der Waals surface area contributed by atoms with Gasteiger partial charge in [0.15, 0.2) is 11.5 Å². The lowest BCUT2D eigenvalue weighted by molar-refractivity contribution is -0.118. The molecule has 3 rings (SSSR count). The Labute approximate surface area is 145 Å². The van der Waals surface area contributed by atoms with Crippen molar-refractivity contribution in [2.45, 2.75) is 32.2 Å². The quantitative estimate of drug-likeness (QED) is 0.673. The Morgan fingerprint density at radius 1 is 1.44 bits per heavy atom. The van der Waals surface area contributed by atoms with Gasteiger partial charge in [-0.3, -0.25) is 10.1 Å². The van der Waals surface area contributed by atoms with Gasteiger partial charge in [-0.05, 0) is 43.4 Å². The number of urea groups is 1. The highest BCUT2D eigenvalue weighted by atomic mass is 16.5. The number of hydrogen-bond donors (Lipinski definition) is 4. The van der Waals surface area contributed by atoms with E-state index >= 15 is 0 Å². The molecule has 0 bridgehead atoms. The molecule has 0 saturated carbocycles. The van der Waals surface area contributed by atoms with Gasteiger partial charge in [-0.1, -0.05) is 18.7 Å². The monoisotopic (exact) mass is 343 g/mol. The highest BCUT2D eigenvalue weighted by Gasteiger charge is 2.29. The van der Waals surface area contributed by atoms with Gasteiger partial charge < -0.3 is 20.5 Å². The van der Waals surface area contributed by atoms with Crippen LogP contribution in [0.15, 0.2) is 41.9 Å². The average Bonchev–Trinajstić information content (AvgIpc) is 2.59. The Kier molecular flexibility index (Phi) is 4.65. The molecule has 0 unspecified atom stereocenters. The summed E-state index contributed by atoms with van der Waals surface area (Å²) < 4.78 is 5.68. The van der Waals surface area contributed by atoms with E-state index in [9.17, 15) is 14.7 Å². The molecule has 3 amide bonds. The summed E-state index contributed by atoms with van der Waals surface area (Å²) in [5.74, 6) is -0.0751. The smallest absolute Gasteiger partial charge is 0.324 e. The van der Waals surface area contributed by atoms with Gasteiger partial charge in [-0.2, -0.15) is 0 Å². The molecular weight excluding hydrogens is 322 g/mol. The molecule has 25 heavy (non-hydrogen) atoms. The molecule has 132 valence electrons. The van der Waals surface area contributed by atoms with Crippen LogP contribution in [0.2, 0.25) is 0 Å². The first kappa shape index (κ1) is 16.9. The van der Waals surface area contributed by atoms with Crippen LogP contribution >= 0.6 is 0 Å². The molecule has 1 aromatic rings. The van der Waals surface area contributed by atoms with Crippen LogP contribution in [-0.4, -0.2) is 23.7 Å². The first-order chi connectivity index (χ1) is 12.0. The summed E-state index contributed by atoms with van der Waals surface area (Å²) in [7, 11) is 0. The van der Waals surface area contributed by atoms with Crippen molar-refractivity contribution >= 4 is 11.9 Å². The summed E-state index contributed by atoms with van der Waals surface area (Å²) >= 11 is 0. The zero-order chi connectivity index (χ0) is 18.0. The van der Waals surface area contributed by atoms with Crippen LogP contribution in [0.3, 0.4) is 0 Å². The number of aliphatic hydroxyl groups excluding tert-OH is 1. The van der Waals surface area contributed by atoms with Crippen LogP contribution in [0.25, 0.3) is 0 Å². The molecule has 7 heteroatoms. The normalized spacial score (nSPS) is 19.6. The number of benzene rings is 1. The van der Waals surface area contributed by atoms with E-state index < -0.39 is 11.9 Å². The van der Waals surface area contributed by atoms with E-state index in [1.165, 1.54) is 0 Å². The lowest BCUT2D eigenvalue weighted by atomic mass is 9.87. The number of carbonyl (C=O) groups is 2. The molecule has 1 aliphatic carbocycles. The molecule has 0 saturated heterocycles. The number of hydrogen-bond acceptors (Lipinski definition) is 4. The standard InChI is InChI=1S/C18H21N3O4/c1-3-25-14-9-5-6-11-12(14)7-4-8-13(11)20-17(23)15-16(22)10(2)19-18(24)21-15/h5-6,9,13,22H,2-4,7-8H2,1H3,(H,20,23)(H2,19,21,24)/t13-/m1/s1. The number of carbonyl (C=O) groups excluding carboxylic acids is 2. The van der Waals surface area contributed by atoms with Gasteiger partial charge in [0.2, 0.25) is 0 Å². The Morgan fingerprint density at radius 2 is 2.24 bits per heavy atom. The van der Waals surface area contributed by atoms with E-state index in [4.69, 9.17) is 4.74 Å². The fraction of sp³-hybridized carbons (Fsp3) is 0.333. The first-order valence-corrected chi connectivity index (χ1v) is 8.27. The first-order valence-electron chi connectivity index (χ1n) is 8.27. The fourth-order valence-corrected chi connectivity index (χ4v) is 3.20. The minimum atomic E-state index is -0.601. The van der Waals surface area contributed by atoms with Gasteiger partial charge in [0.1, 0.15) is 5.75 Å². The molecule has 4 N–H and O–H groups in total. The van der Waals surface area contributed by atoms with Crippen molar-refractivity contribution in [3.05, 3.63) is 53.1 Å². The number of rotatable bonds is 4. The largest absolute Gasteiger partial charge is 0.504 e. The van der Waals surface area contributed by atoms with E-state index in [1.807, 2.05) is 25.1 Å². The Bertz CT molecular complexity index is 770. The Hall–Kier alpha value is -2.96. The molecule has 2 aliphatic rings. The summed E-state index contributed by atoms with van der Waals surface area (Å²) in [5.41, 5.74) is 1.90. The molecule has 0 spiro atoms. The summed E-state index contributed by atoms with van der Waals surface area (Å²) in [4.78, 5) is 24.1. The van der Waals surface area contributed by atoms with Crippen LogP contribution < -0.4 is 20.7 Å². The third-order valence-corrected chi connectivity index (χ3v) is 4.32. The molecule has 1 heterocycles. The second-order valence-corrected chi connectivity index (χ2v) is 5.96. The SMILES string of the molecule is C=C1NC(=O)NC(C(=O)N[C@@H]2CCCc3c(OCC)cccc32)=C1O. The second-order valence-electron chi connectivity index (χ2n) is 5.96. The van der Waals surface area contributed by atoms with E-state index in [1.54, 1.807) is 0 Å². The Morgan fingerprint density at radius 3 is 3.00 bits per heavy atom. The van der Waals surface area contributed by atoms with E-state index in [0.717, 1.165) is 36.1 Å². The zero-order valence-electron chi connectivity index (χ0n) is 14.0. The third-order valence-electron chi connectivity index (χ3n) is 4.32. The average molecular weight is 343 g/mol. The summed E-state index contributed by atoms with van der Waals surface area (Å²) in [6.45, 7) is 6.03. The minimum Gasteiger partial charge on any atom is -0.504 e. The predicted octanol–water partition coefficient (Wildman–Crippen LogP) is 2.17. The maximum atomic E-state index is 12.5. The van der Waals surface area contributed by atoms with Crippen molar-refractivity contribution in [2.24, 2.45) is 0 Å². The summed E-state index contributed by atoms with van der Waals surface area (Å²) in [5, 5.41) is 17.5. The van der Waals surface area contributed by atoms with Crippen LogP contribution in [0.4, 0.5) is 4.79 Å². The number of fused-ring (bicyclic) bond motifs is 1. The molecule has 0 aromatic heterocycles. The van der Waals surface area contributed by atoms with Gasteiger partial charge in [-0.15, -0.1) is 0 Å². The van der Waals surface area contributed by atoms with E-state index in [2.05, 4.69) is 22.5 Å². The number of ether oxygens (including phenoxy) is 1. The maximum absolute atomic E-state index is 12.5. The molecule has 1 aromatic carbocycles. The number of aliphatic hydroxyl groups is 1. The number of amides is 3. The summed E-state index contributed by atoms with van der Waals surface area (Å²) in [6, 6.07) is 4.99. The van der Waals surface area contributed by atoms with Gasteiger partial charge in [0.25, 0.3) is 5.91 Å². The Balaban J connectivity index is 1.84.